The SMILES string of the molecule is CCOc1ccc(CC(=O)N2CCNCC2c2cccnc2)cc1.Cl. The van der Waals surface area contributed by atoms with Gasteiger partial charge in [0.2, 0.25) is 5.91 Å². The van der Waals surface area contributed by atoms with Gasteiger partial charge in [-0.3, -0.25) is 9.78 Å². The zero-order chi connectivity index (χ0) is 16.8. The van der Waals surface area contributed by atoms with Crippen molar-refractivity contribution in [1.29, 1.82) is 0 Å². The monoisotopic (exact) mass is 361 g/mol. The van der Waals surface area contributed by atoms with E-state index in [0.29, 0.717) is 13.0 Å². The van der Waals surface area contributed by atoms with E-state index in [-0.39, 0.29) is 24.4 Å². The third kappa shape index (κ3) is 4.94. The highest BCUT2D eigenvalue weighted by molar-refractivity contribution is 5.85. The van der Waals surface area contributed by atoms with Crippen molar-refractivity contribution in [3.05, 3.63) is 59.9 Å². The van der Waals surface area contributed by atoms with Crippen LogP contribution in [0.15, 0.2) is 48.8 Å². The number of amides is 1. The van der Waals surface area contributed by atoms with Crippen LogP contribution in [0.3, 0.4) is 0 Å². The Morgan fingerprint density at radius 3 is 2.80 bits per heavy atom. The first-order chi connectivity index (χ1) is 11.8. The number of nitrogens with one attached hydrogen (secondary N) is 1. The number of nitrogens with zero attached hydrogens (tertiary/aromatic N) is 2. The van der Waals surface area contributed by atoms with Crippen molar-refractivity contribution in [1.82, 2.24) is 15.2 Å². The number of pyridine rings is 1. The highest BCUT2D eigenvalue weighted by Crippen LogP contribution is 2.22. The van der Waals surface area contributed by atoms with Gasteiger partial charge in [0.15, 0.2) is 0 Å². The molecule has 0 spiro atoms. The Balaban J connectivity index is 0.00000225. The maximum absolute atomic E-state index is 12.8. The van der Waals surface area contributed by atoms with Crippen molar-refractivity contribution in [3.8, 4) is 5.75 Å². The fraction of sp³-hybridized carbons (Fsp3) is 0.368. The standard InChI is InChI=1S/C19H23N3O2.ClH/c1-2-24-17-7-5-15(6-8-17)12-19(23)22-11-10-21-14-18(22)16-4-3-9-20-13-16;/h3-9,13,18,21H,2,10-12,14H2,1H3;1H. The molecule has 1 aromatic carbocycles. The van der Waals surface area contributed by atoms with E-state index >= 15 is 0 Å². The van der Waals surface area contributed by atoms with Gasteiger partial charge in [0.25, 0.3) is 0 Å². The summed E-state index contributed by atoms with van der Waals surface area (Å²) in [5.74, 6) is 0.985. The van der Waals surface area contributed by atoms with Crippen LogP contribution in [0.2, 0.25) is 0 Å². The number of hydrogen-bond acceptors (Lipinski definition) is 4. The molecule has 1 fully saturated rings. The number of piperazine rings is 1. The van der Waals surface area contributed by atoms with E-state index in [4.69, 9.17) is 4.74 Å². The first-order valence-corrected chi connectivity index (χ1v) is 8.39. The van der Waals surface area contributed by atoms with E-state index in [2.05, 4.69) is 10.3 Å². The van der Waals surface area contributed by atoms with Crippen LogP contribution in [0.1, 0.15) is 24.1 Å². The summed E-state index contributed by atoms with van der Waals surface area (Å²) in [5, 5.41) is 3.37. The largest absolute Gasteiger partial charge is 0.494 e. The van der Waals surface area contributed by atoms with E-state index in [9.17, 15) is 4.79 Å². The quantitative estimate of drug-likeness (QED) is 0.889. The lowest BCUT2D eigenvalue weighted by molar-refractivity contribution is -0.133. The minimum absolute atomic E-state index is 0. The lowest BCUT2D eigenvalue weighted by Crippen LogP contribution is -2.49. The summed E-state index contributed by atoms with van der Waals surface area (Å²) in [6.45, 7) is 4.91. The zero-order valence-corrected chi connectivity index (χ0v) is 15.2. The summed E-state index contributed by atoms with van der Waals surface area (Å²) in [7, 11) is 0. The molecule has 1 aliphatic rings. The van der Waals surface area contributed by atoms with Crippen LogP contribution in [0.5, 0.6) is 5.75 Å². The molecule has 2 heterocycles. The highest BCUT2D eigenvalue weighted by Gasteiger charge is 2.27. The van der Waals surface area contributed by atoms with E-state index in [1.807, 2.05) is 54.4 Å². The number of hydrogen-bond donors (Lipinski definition) is 1. The van der Waals surface area contributed by atoms with Crippen molar-refractivity contribution in [2.75, 3.05) is 26.2 Å². The minimum Gasteiger partial charge on any atom is -0.494 e. The van der Waals surface area contributed by atoms with Crippen LogP contribution in [-0.2, 0) is 11.2 Å². The lowest BCUT2D eigenvalue weighted by atomic mass is 10.0. The van der Waals surface area contributed by atoms with Gasteiger partial charge in [0.05, 0.1) is 19.1 Å². The molecule has 6 heteroatoms. The third-order valence-corrected chi connectivity index (χ3v) is 4.22. The van der Waals surface area contributed by atoms with E-state index in [1.54, 1.807) is 6.20 Å². The summed E-state index contributed by atoms with van der Waals surface area (Å²) < 4.78 is 5.45. The molecule has 0 aliphatic carbocycles. The zero-order valence-electron chi connectivity index (χ0n) is 14.4. The number of benzene rings is 1. The summed E-state index contributed by atoms with van der Waals surface area (Å²) in [6.07, 6.45) is 4.00. The third-order valence-electron chi connectivity index (χ3n) is 4.22. The van der Waals surface area contributed by atoms with Crippen molar-refractivity contribution in [2.24, 2.45) is 0 Å². The molecular weight excluding hydrogens is 338 g/mol. The van der Waals surface area contributed by atoms with E-state index < -0.39 is 0 Å². The maximum atomic E-state index is 12.8. The Morgan fingerprint density at radius 1 is 1.32 bits per heavy atom. The number of ether oxygens (including phenoxy) is 1. The fourth-order valence-electron chi connectivity index (χ4n) is 3.02. The van der Waals surface area contributed by atoms with Gasteiger partial charge in [-0.15, -0.1) is 12.4 Å². The number of carbonyl (C=O) groups is 1. The predicted molar refractivity (Wildman–Crippen MR) is 100 cm³/mol. The molecule has 0 saturated carbocycles. The number of aromatic nitrogens is 1. The molecule has 1 saturated heterocycles. The fourth-order valence-corrected chi connectivity index (χ4v) is 3.02. The van der Waals surface area contributed by atoms with Crippen molar-refractivity contribution < 1.29 is 9.53 Å². The number of halogens is 1. The Morgan fingerprint density at radius 2 is 2.12 bits per heavy atom. The first kappa shape index (κ1) is 19.2. The molecule has 2 aromatic rings. The van der Waals surface area contributed by atoms with Gasteiger partial charge in [-0.1, -0.05) is 18.2 Å². The van der Waals surface area contributed by atoms with Gasteiger partial charge in [-0.05, 0) is 36.2 Å². The molecule has 5 nitrogen and oxygen atoms in total. The Hall–Kier alpha value is -2.11. The predicted octanol–water partition coefficient (Wildman–Crippen LogP) is 2.62. The second kappa shape index (κ2) is 9.39. The molecule has 1 atom stereocenters. The van der Waals surface area contributed by atoms with Crippen LogP contribution in [-0.4, -0.2) is 42.0 Å². The van der Waals surface area contributed by atoms with Gasteiger partial charge in [-0.25, -0.2) is 0 Å². The summed E-state index contributed by atoms with van der Waals surface area (Å²) >= 11 is 0. The van der Waals surface area contributed by atoms with Crippen LogP contribution in [0.4, 0.5) is 0 Å². The summed E-state index contributed by atoms with van der Waals surface area (Å²) in [6, 6.07) is 11.8. The molecule has 25 heavy (non-hydrogen) atoms. The van der Waals surface area contributed by atoms with Crippen molar-refractivity contribution >= 4 is 18.3 Å². The van der Waals surface area contributed by atoms with Crippen LogP contribution >= 0.6 is 12.4 Å². The van der Waals surface area contributed by atoms with Gasteiger partial charge in [-0.2, -0.15) is 0 Å². The van der Waals surface area contributed by atoms with Crippen LogP contribution in [0, 0.1) is 0 Å². The number of rotatable bonds is 5. The molecule has 0 radical (unpaired) electrons. The van der Waals surface area contributed by atoms with E-state index in [0.717, 1.165) is 36.5 Å². The van der Waals surface area contributed by atoms with Gasteiger partial charge >= 0.3 is 0 Å². The molecule has 1 aliphatic heterocycles. The number of carbonyl (C=O) groups excluding carboxylic acids is 1. The molecule has 3 rings (SSSR count). The van der Waals surface area contributed by atoms with Crippen molar-refractivity contribution in [3.63, 3.8) is 0 Å². The average molecular weight is 362 g/mol. The van der Waals surface area contributed by atoms with Crippen molar-refractivity contribution in [2.45, 2.75) is 19.4 Å². The minimum atomic E-state index is 0. The topological polar surface area (TPSA) is 54.5 Å². The smallest absolute Gasteiger partial charge is 0.227 e. The van der Waals surface area contributed by atoms with Crippen LogP contribution < -0.4 is 10.1 Å². The Labute approximate surface area is 154 Å². The molecule has 1 unspecified atom stereocenters. The summed E-state index contributed by atoms with van der Waals surface area (Å²) in [4.78, 5) is 19.0. The molecule has 1 aromatic heterocycles. The maximum Gasteiger partial charge on any atom is 0.227 e. The first-order valence-electron chi connectivity index (χ1n) is 8.39. The van der Waals surface area contributed by atoms with E-state index in [1.165, 1.54) is 0 Å². The second-order valence-corrected chi connectivity index (χ2v) is 5.85. The second-order valence-electron chi connectivity index (χ2n) is 5.85. The van der Waals surface area contributed by atoms with Crippen LogP contribution in [0.25, 0.3) is 0 Å². The van der Waals surface area contributed by atoms with Gasteiger partial charge < -0.3 is 15.0 Å². The lowest BCUT2D eigenvalue weighted by Gasteiger charge is -2.36. The Kier molecular flexibility index (Phi) is 7.22. The Bertz CT molecular complexity index is 664. The summed E-state index contributed by atoms with van der Waals surface area (Å²) in [5.41, 5.74) is 2.08. The van der Waals surface area contributed by atoms with Gasteiger partial charge in [0.1, 0.15) is 5.75 Å². The molecule has 134 valence electrons. The van der Waals surface area contributed by atoms with Gasteiger partial charge in [0, 0.05) is 32.0 Å². The molecule has 0 bridgehead atoms. The average Bonchev–Trinajstić information content (AvgIpc) is 2.64. The normalized spacial score (nSPS) is 16.8. The highest BCUT2D eigenvalue weighted by atomic mass is 35.5. The molecule has 1 amide bonds. The molecule has 1 N–H and O–H groups in total. The molecular formula is C19H24ClN3O2.